The van der Waals surface area contributed by atoms with E-state index in [9.17, 15) is 9.59 Å². The second kappa shape index (κ2) is 38.7. The molecular formula is C42H86N4O2. The zero-order chi connectivity index (χ0) is 35.2. The van der Waals surface area contributed by atoms with Crippen LogP contribution in [-0.2, 0) is 9.59 Å². The highest BCUT2D eigenvalue weighted by Gasteiger charge is 2.15. The van der Waals surface area contributed by atoms with Crippen molar-refractivity contribution in [3.05, 3.63) is 0 Å². The van der Waals surface area contributed by atoms with Gasteiger partial charge in [0.1, 0.15) is 0 Å². The summed E-state index contributed by atoms with van der Waals surface area (Å²) in [5.41, 5.74) is 11.6. The number of amides is 2. The van der Waals surface area contributed by atoms with Crippen molar-refractivity contribution in [3.63, 3.8) is 0 Å². The van der Waals surface area contributed by atoms with Crippen LogP contribution in [0.3, 0.4) is 0 Å². The molecule has 0 atom stereocenters. The zero-order valence-electron chi connectivity index (χ0n) is 32.7. The van der Waals surface area contributed by atoms with Crippen molar-refractivity contribution in [3.8, 4) is 0 Å². The fourth-order valence-electron chi connectivity index (χ4n) is 6.80. The van der Waals surface area contributed by atoms with Crippen LogP contribution in [0.25, 0.3) is 0 Å². The van der Waals surface area contributed by atoms with E-state index in [4.69, 9.17) is 11.5 Å². The van der Waals surface area contributed by atoms with Crippen molar-refractivity contribution in [1.82, 2.24) is 9.80 Å². The quantitative estimate of drug-likeness (QED) is 0.0633. The van der Waals surface area contributed by atoms with E-state index in [-0.39, 0.29) is 11.8 Å². The number of hydrogen-bond acceptors (Lipinski definition) is 4. The summed E-state index contributed by atoms with van der Waals surface area (Å²) in [6, 6.07) is 0. The Morgan fingerprint density at radius 3 is 0.812 bits per heavy atom. The number of nitrogens with zero attached hydrogens (tertiary/aromatic N) is 2. The first-order valence-electron chi connectivity index (χ1n) is 21.6. The SMILES string of the molecule is CCCCCCCCCCCCCCCC(=O)N(CCCN)CCCCN(CCCN)C(=O)CCCCCCCCCCCCCCC. The largest absolute Gasteiger partial charge is 0.343 e. The van der Waals surface area contributed by atoms with Gasteiger partial charge in [-0.15, -0.1) is 0 Å². The van der Waals surface area contributed by atoms with Gasteiger partial charge in [-0.1, -0.05) is 168 Å². The molecule has 286 valence electrons. The summed E-state index contributed by atoms with van der Waals surface area (Å²) in [6.45, 7) is 8.84. The number of hydrogen-bond donors (Lipinski definition) is 2. The van der Waals surface area contributed by atoms with Gasteiger partial charge in [0.25, 0.3) is 0 Å². The Hall–Kier alpha value is -1.14. The van der Waals surface area contributed by atoms with Gasteiger partial charge in [0, 0.05) is 39.0 Å². The second-order valence-corrected chi connectivity index (χ2v) is 14.7. The topological polar surface area (TPSA) is 92.7 Å². The van der Waals surface area contributed by atoms with Crippen LogP contribution in [0.1, 0.15) is 219 Å². The van der Waals surface area contributed by atoms with Crippen molar-refractivity contribution in [1.29, 1.82) is 0 Å². The predicted molar refractivity (Wildman–Crippen MR) is 210 cm³/mol. The maximum Gasteiger partial charge on any atom is 0.222 e. The molecule has 48 heavy (non-hydrogen) atoms. The lowest BCUT2D eigenvalue weighted by Crippen LogP contribution is -2.36. The van der Waals surface area contributed by atoms with Crippen LogP contribution in [-0.4, -0.2) is 60.9 Å². The van der Waals surface area contributed by atoms with Gasteiger partial charge in [0.15, 0.2) is 0 Å². The Labute approximate surface area is 300 Å². The van der Waals surface area contributed by atoms with Crippen LogP contribution < -0.4 is 11.5 Å². The molecular weight excluding hydrogens is 592 g/mol. The summed E-state index contributed by atoms with van der Waals surface area (Å²) >= 11 is 0. The summed E-state index contributed by atoms with van der Waals surface area (Å²) in [5, 5.41) is 0. The molecule has 0 radical (unpaired) electrons. The molecule has 0 spiro atoms. The lowest BCUT2D eigenvalue weighted by molar-refractivity contribution is -0.133. The molecule has 0 aromatic rings. The molecule has 0 aliphatic carbocycles. The molecule has 0 fully saturated rings. The van der Waals surface area contributed by atoms with Gasteiger partial charge in [0.05, 0.1) is 0 Å². The normalized spacial score (nSPS) is 11.3. The molecule has 2 amide bonds. The van der Waals surface area contributed by atoms with Crippen molar-refractivity contribution in [2.45, 2.75) is 219 Å². The van der Waals surface area contributed by atoms with Crippen LogP contribution in [0.15, 0.2) is 0 Å². The molecule has 0 unspecified atom stereocenters. The average molecular weight is 679 g/mol. The number of carbonyl (C=O) groups excluding carboxylic acids is 2. The summed E-state index contributed by atoms with van der Waals surface area (Å²) in [5.74, 6) is 0.565. The van der Waals surface area contributed by atoms with Crippen LogP contribution in [0.2, 0.25) is 0 Å². The van der Waals surface area contributed by atoms with Gasteiger partial charge < -0.3 is 21.3 Å². The van der Waals surface area contributed by atoms with Crippen molar-refractivity contribution < 1.29 is 9.59 Å². The summed E-state index contributed by atoms with van der Waals surface area (Å²) in [6.07, 6.45) is 39.2. The van der Waals surface area contributed by atoms with E-state index < -0.39 is 0 Å². The second-order valence-electron chi connectivity index (χ2n) is 14.7. The van der Waals surface area contributed by atoms with Gasteiger partial charge in [-0.05, 0) is 51.6 Å². The Balaban J connectivity index is 4.11. The highest BCUT2D eigenvalue weighted by molar-refractivity contribution is 5.76. The molecule has 0 saturated carbocycles. The van der Waals surface area contributed by atoms with Gasteiger partial charge in [-0.25, -0.2) is 0 Å². The van der Waals surface area contributed by atoms with Crippen LogP contribution in [0.5, 0.6) is 0 Å². The zero-order valence-corrected chi connectivity index (χ0v) is 32.7. The maximum atomic E-state index is 13.0. The van der Waals surface area contributed by atoms with Crippen LogP contribution in [0.4, 0.5) is 0 Å². The smallest absolute Gasteiger partial charge is 0.222 e. The number of nitrogens with two attached hydrogens (primary N) is 2. The fourth-order valence-corrected chi connectivity index (χ4v) is 6.80. The van der Waals surface area contributed by atoms with Gasteiger partial charge in [0.2, 0.25) is 11.8 Å². The Morgan fingerprint density at radius 1 is 0.333 bits per heavy atom. The Morgan fingerprint density at radius 2 is 0.562 bits per heavy atom. The summed E-state index contributed by atoms with van der Waals surface area (Å²) < 4.78 is 0. The van der Waals surface area contributed by atoms with E-state index in [1.807, 2.05) is 9.80 Å². The standard InChI is InChI=1S/C42H86N4O2/c1-3-5-7-9-11-13-15-17-19-21-23-25-27-33-41(47)45(39-31-35-43)37-29-30-38-46(40-32-36-44)42(48)34-28-26-24-22-20-18-16-14-12-10-8-6-4-2/h3-40,43-44H2,1-2H3. The van der Waals surface area contributed by atoms with Gasteiger partial charge in [-0.2, -0.15) is 0 Å². The van der Waals surface area contributed by atoms with E-state index in [1.54, 1.807) is 0 Å². The van der Waals surface area contributed by atoms with E-state index in [0.29, 0.717) is 25.9 Å². The third kappa shape index (κ3) is 32.1. The molecule has 0 aromatic carbocycles. The maximum absolute atomic E-state index is 13.0. The first-order chi connectivity index (χ1) is 23.6. The summed E-state index contributed by atoms with van der Waals surface area (Å²) in [7, 11) is 0. The minimum atomic E-state index is 0.282. The molecule has 6 heteroatoms. The lowest BCUT2D eigenvalue weighted by Gasteiger charge is -2.25. The van der Waals surface area contributed by atoms with E-state index in [2.05, 4.69) is 13.8 Å². The molecule has 0 bridgehead atoms. The molecule has 0 aliphatic rings. The number of rotatable bonds is 39. The van der Waals surface area contributed by atoms with Crippen molar-refractivity contribution in [2.24, 2.45) is 11.5 Å². The number of unbranched alkanes of at least 4 members (excludes halogenated alkanes) is 25. The Bertz CT molecular complexity index is 618. The fraction of sp³-hybridized carbons (Fsp3) is 0.952. The minimum absolute atomic E-state index is 0.282. The molecule has 0 heterocycles. The Kier molecular flexibility index (Phi) is 37.7. The monoisotopic (exact) mass is 679 g/mol. The third-order valence-electron chi connectivity index (χ3n) is 10.1. The van der Waals surface area contributed by atoms with E-state index in [0.717, 1.165) is 77.5 Å². The lowest BCUT2D eigenvalue weighted by atomic mass is 10.0. The molecule has 0 aromatic heterocycles. The molecule has 0 rings (SSSR count). The molecule has 0 saturated heterocycles. The third-order valence-corrected chi connectivity index (χ3v) is 10.1. The summed E-state index contributed by atoms with van der Waals surface area (Å²) in [4.78, 5) is 30.1. The van der Waals surface area contributed by atoms with Crippen LogP contribution in [0, 0.1) is 0 Å². The highest BCUT2D eigenvalue weighted by atomic mass is 16.2. The van der Waals surface area contributed by atoms with Crippen LogP contribution >= 0.6 is 0 Å². The minimum Gasteiger partial charge on any atom is -0.343 e. The van der Waals surface area contributed by atoms with Crippen molar-refractivity contribution >= 4 is 11.8 Å². The molecule has 6 nitrogen and oxygen atoms in total. The number of carbonyl (C=O) groups is 2. The first-order valence-corrected chi connectivity index (χ1v) is 21.6. The van der Waals surface area contributed by atoms with E-state index in [1.165, 1.54) is 141 Å². The van der Waals surface area contributed by atoms with Gasteiger partial charge >= 0.3 is 0 Å². The predicted octanol–water partition coefficient (Wildman–Crippen LogP) is 11.1. The van der Waals surface area contributed by atoms with Gasteiger partial charge in [-0.3, -0.25) is 9.59 Å². The molecule has 0 aliphatic heterocycles. The highest BCUT2D eigenvalue weighted by Crippen LogP contribution is 2.15. The average Bonchev–Trinajstić information content (AvgIpc) is 3.09. The molecule has 4 N–H and O–H groups in total. The van der Waals surface area contributed by atoms with E-state index >= 15 is 0 Å². The van der Waals surface area contributed by atoms with Crippen molar-refractivity contribution in [2.75, 3.05) is 39.3 Å². The first kappa shape index (κ1) is 46.9.